The second kappa shape index (κ2) is 30.8. The van der Waals surface area contributed by atoms with Gasteiger partial charge in [-0.25, -0.2) is 0 Å². The first kappa shape index (κ1) is 44.0. The molecule has 0 radical (unpaired) electrons. The van der Waals surface area contributed by atoms with Crippen molar-refractivity contribution < 1.29 is 21.3 Å². The number of unbranched alkanes of at least 4 members (excludes halogenated alkanes) is 9. The molecular formula is C41H64N2Ni. The average molecular weight is 644 g/mol. The minimum atomic E-state index is 0. The van der Waals surface area contributed by atoms with Crippen molar-refractivity contribution in [1.29, 1.82) is 0 Å². The Hall–Kier alpha value is -2.17. The van der Waals surface area contributed by atoms with Gasteiger partial charge in [0.25, 0.3) is 0 Å². The van der Waals surface area contributed by atoms with Gasteiger partial charge >= 0.3 is 22.4 Å². The van der Waals surface area contributed by atoms with Crippen LogP contribution in [0.1, 0.15) is 160 Å². The molecule has 0 fully saturated rings. The number of aryl methyl sites for hydroxylation is 2. The van der Waals surface area contributed by atoms with E-state index in [0.717, 1.165) is 56.9 Å². The van der Waals surface area contributed by atoms with Crippen LogP contribution in [-0.4, -0.2) is 10.7 Å². The van der Waals surface area contributed by atoms with E-state index >= 15 is 0 Å². The molecule has 2 aromatic rings. The van der Waals surface area contributed by atoms with Crippen molar-refractivity contribution in [1.82, 2.24) is 0 Å². The molecule has 0 bridgehead atoms. The molecule has 0 aliphatic carbocycles. The number of allylic oxidation sites excluding steroid dienone is 2. The summed E-state index contributed by atoms with van der Waals surface area (Å²) in [7, 11) is 0. The molecule has 0 atom stereocenters. The first-order valence-corrected chi connectivity index (χ1v) is 17.5. The van der Waals surface area contributed by atoms with Crippen LogP contribution >= 0.6 is 0 Å². The third-order valence-electron chi connectivity index (χ3n) is 7.63. The molecule has 0 heterocycles. The van der Waals surface area contributed by atoms with Crippen molar-refractivity contribution in [3.05, 3.63) is 101 Å². The van der Waals surface area contributed by atoms with Gasteiger partial charge in [-0.05, 0) is 71.9 Å². The summed E-state index contributed by atoms with van der Waals surface area (Å²) in [6.45, 7) is 20.7. The van der Waals surface area contributed by atoms with Gasteiger partial charge in [0, 0.05) is 0 Å². The fourth-order valence-electron chi connectivity index (χ4n) is 4.96. The first-order chi connectivity index (χ1) is 21.0. The third kappa shape index (κ3) is 19.3. The van der Waals surface area contributed by atoms with E-state index in [2.05, 4.69) is 115 Å². The fourth-order valence-corrected chi connectivity index (χ4v) is 4.96. The summed E-state index contributed by atoms with van der Waals surface area (Å²) in [5.41, 5.74) is 17.9. The summed E-state index contributed by atoms with van der Waals surface area (Å²) in [5, 5.41) is 0. The molecule has 0 aliphatic rings. The number of hydrogen-bond acceptors (Lipinski definition) is 0. The van der Waals surface area contributed by atoms with Crippen molar-refractivity contribution >= 4 is 11.4 Å². The van der Waals surface area contributed by atoms with Gasteiger partial charge in [-0.2, -0.15) is 12.8 Å². The molecule has 248 valence electrons. The third-order valence-corrected chi connectivity index (χ3v) is 7.63. The zero-order chi connectivity index (χ0) is 32.1. The van der Waals surface area contributed by atoms with Crippen LogP contribution < -0.4 is 0 Å². The molecule has 0 unspecified atom stereocenters. The van der Waals surface area contributed by atoms with Crippen molar-refractivity contribution in [2.24, 2.45) is 0 Å². The van der Waals surface area contributed by atoms with Crippen molar-refractivity contribution in [2.45, 2.75) is 151 Å². The molecule has 2 rings (SSSR count). The Kier molecular flexibility index (Phi) is 30.8. The fraction of sp³-hybridized carbons (Fsp3) is 0.561. The zero-order valence-corrected chi connectivity index (χ0v) is 30.3. The quantitative estimate of drug-likeness (QED) is 0.0295. The van der Waals surface area contributed by atoms with E-state index in [1.165, 1.54) is 91.2 Å². The second-order valence-electron chi connectivity index (χ2n) is 11.3. The van der Waals surface area contributed by atoms with Gasteiger partial charge in [-0.15, -0.1) is 4.79 Å². The molecular weight excluding hydrogens is 579 g/mol. The van der Waals surface area contributed by atoms with Crippen LogP contribution in [-0.2, 0) is 29.3 Å². The Bertz CT molecular complexity index is 1050. The van der Waals surface area contributed by atoms with Crippen molar-refractivity contribution in [3.8, 4) is 0 Å². The topological polar surface area (TPSA) is 36.4 Å². The van der Waals surface area contributed by atoms with Crippen molar-refractivity contribution in [2.75, 3.05) is 0 Å². The minimum absolute atomic E-state index is 0. The molecule has 3 heteroatoms. The summed E-state index contributed by atoms with van der Waals surface area (Å²) >= 11 is 0. The normalized spacial score (nSPS) is 10.5. The number of benzene rings is 2. The zero-order valence-electron chi connectivity index (χ0n) is 29.3. The van der Waals surface area contributed by atoms with Crippen LogP contribution in [0.5, 0.6) is 0 Å². The monoisotopic (exact) mass is 642 g/mol. The maximum Gasteiger partial charge on any atom is 2.00 e. The summed E-state index contributed by atoms with van der Waals surface area (Å²) in [4.78, 5) is 3.30. The van der Waals surface area contributed by atoms with Crippen LogP contribution in [0.25, 0.3) is 11.1 Å². The smallest absolute Gasteiger partial charge is 0.348 e. The van der Waals surface area contributed by atoms with E-state index in [0.29, 0.717) is 0 Å². The van der Waals surface area contributed by atoms with E-state index < -0.39 is 0 Å². The van der Waals surface area contributed by atoms with Gasteiger partial charge in [0.1, 0.15) is 0 Å². The van der Waals surface area contributed by atoms with Gasteiger partial charge in [0.15, 0.2) is 0 Å². The van der Waals surface area contributed by atoms with Crippen LogP contribution in [0.2, 0.25) is 0 Å². The standard InChI is InChI=1S/C29H38N2.2C6H13.Ni/c1-5-9-11-13-24-17-19-25(20-18-24)29(26-16-12-14-23(7-3)21-26)28(8-4)27(22-31-30)15-10-6-2;2*1-3-5-6-4-2;/h12,14,16-21H,5-11,13,15H2,1-4H3;2*1,3-6H2,2H3;/q;2*-1;+2. The van der Waals surface area contributed by atoms with Crippen molar-refractivity contribution in [3.63, 3.8) is 0 Å². The van der Waals surface area contributed by atoms with Crippen LogP contribution in [0.15, 0.2) is 59.7 Å². The number of nitrogens with zero attached hydrogens (tertiary/aromatic N) is 2. The molecule has 0 saturated heterocycles. The Morgan fingerprint density at radius 1 is 0.682 bits per heavy atom. The minimum Gasteiger partial charge on any atom is -0.348 e. The van der Waals surface area contributed by atoms with E-state index in [-0.39, 0.29) is 16.5 Å². The Labute approximate surface area is 283 Å². The van der Waals surface area contributed by atoms with Gasteiger partial charge in [-0.1, -0.05) is 148 Å². The molecule has 0 amide bonds. The van der Waals surface area contributed by atoms with Gasteiger partial charge < -0.3 is 19.4 Å². The van der Waals surface area contributed by atoms with Gasteiger partial charge in [0.2, 0.25) is 0 Å². The summed E-state index contributed by atoms with van der Waals surface area (Å²) in [6, 6.07) is 17.9. The molecule has 0 aromatic heterocycles. The second-order valence-corrected chi connectivity index (χ2v) is 11.3. The molecule has 2 nitrogen and oxygen atoms in total. The molecule has 0 spiro atoms. The average Bonchev–Trinajstić information content (AvgIpc) is 3.05. The van der Waals surface area contributed by atoms with Gasteiger partial charge in [0.05, 0.1) is 5.57 Å². The molecule has 0 aliphatic heterocycles. The molecule has 2 aromatic carbocycles. The number of hydrogen-bond donors (Lipinski definition) is 0. The maximum atomic E-state index is 9.30. The summed E-state index contributed by atoms with van der Waals surface area (Å²) < 4.78 is 0. The molecule has 0 N–H and O–H groups in total. The maximum absolute atomic E-state index is 9.30. The Morgan fingerprint density at radius 2 is 1.25 bits per heavy atom. The molecule has 0 saturated carbocycles. The van der Waals surface area contributed by atoms with E-state index in [9.17, 15) is 5.53 Å². The predicted molar refractivity (Wildman–Crippen MR) is 192 cm³/mol. The SMILES string of the molecule is CCCCCc1ccc(C(=C(CC)C(=C=[N+]=[N-])CCCC)c2cccc(CC)c2)cc1.[CH2-]CCCCC.[CH2-]CCCCC.[Ni+2]. The van der Waals surface area contributed by atoms with Crippen LogP contribution in [0.4, 0.5) is 0 Å². The largest absolute Gasteiger partial charge is 2.00 e. The Morgan fingerprint density at radius 3 is 1.70 bits per heavy atom. The first-order valence-electron chi connectivity index (χ1n) is 17.5. The van der Waals surface area contributed by atoms with Gasteiger partial charge in [-0.3, -0.25) is 0 Å². The van der Waals surface area contributed by atoms with Crippen LogP contribution in [0, 0.1) is 13.8 Å². The number of rotatable bonds is 18. The molecule has 44 heavy (non-hydrogen) atoms. The van der Waals surface area contributed by atoms with E-state index in [1.54, 1.807) is 0 Å². The Balaban J connectivity index is 0. The van der Waals surface area contributed by atoms with Crippen LogP contribution in [0.3, 0.4) is 0 Å². The predicted octanol–water partition coefficient (Wildman–Crippen LogP) is 13.0. The summed E-state index contributed by atoms with van der Waals surface area (Å²) in [6.07, 6.45) is 20.0. The summed E-state index contributed by atoms with van der Waals surface area (Å²) in [5.74, 6) is 2.90. The van der Waals surface area contributed by atoms with E-state index in [4.69, 9.17) is 0 Å². The van der Waals surface area contributed by atoms with E-state index in [1.807, 2.05) is 0 Å².